The molecule has 0 radical (unpaired) electrons. The molecule has 26 heavy (non-hydrogen) atoms. The summed E-state index contributed by atoms with van der Waals surface area (Å²) in [5.41, 5.74) is 4.66. The quantitative estimate of drug-likeness (QED) is 0.545. The summed E-state index contributed by atoms with van der Waals surface area (Å²) in [4.78, 5) is 27.7. The molecule has 1 atom stereocenters. The molecule has 0 aromatic heterocycles. The topological polar surface area (TPSA) is 113 Å². The second-order valence-corrected chi connectivity index (χ2v) is 6.46. The number of aliphatic carboxylic acids is 2. The molecular weight excluding hydrogens is 379 g/mol. The molecule has 0 bridgehead atoms. The third-order valence-corrected chi connectivity index (χ3v) is 4.50. The third-order valence-electron chi connectivity index (χ3n) is 3.99. The molecule has 4 N–H and O–H groups in total. The van der Waals surface area contributed by atoms with Crippen molar-refractivity contribution in [2.24, 2.45) is 4.99 Å². The molecule has 1 unspecified atom stereocenters. The Bertz CT molecular complexity index is 1090. The first-order chi connectivity index (χ1) is 12.3. The summed E-state index contributed by atoms with van der Waals surface area (Å²) < 4.78 is 0. The standard InChI is InChI=1S/C18H12Cl2N2O4/c19-10-7-13(20)16-12(4-5-15(23)24)18(17(25)26,22-14(16)8-10)9-2-1-3-11(21)6-9/h1-8H,21H2,(H,23,24)(H,25,26). The number of carboxylic acids is 2. The van der Waals surface area contributed by atoms with Gasteiger partial charge in [-0.1, -0.05) is 35.3 Å². The van der Waals surface area contributed by atoms with Crippen LogP contribution in [-0.4, -0.2) is 22.2 Å². The summed E-state index contributed by atoms with van der Waals surface area (Å²) in [5, 5.41) is 20.1. The van der Waals surface area contributed by atoms with E-state index in [0.29, 0.717) is 10.9 Å². The van der Waals surface area contributed by atoms with E-state index in [1.165, 1.54) is 24.3 Å². The van der Waals surface area contributed by atoms with E-state index in [1.807, 2.05) is 0 Å². The number of hydrogen-bond acceptors (Lipinski definition) is 4. The number of nitrogens with zero attached hydrogens (tertiary/aromatic N) is 1. The Morgan fingerprint density at radius 3 is 2.50 bits per heavy atom. The first-order valence-electron chi connectivity index (χ1n) is 7.36. The van der Waals surface area contributed by atoms with Crippen LogP contribution < -0.4 is 16.3 Å². The first-order valence-corrected chi connectivity index (χ1v) is 8.11. The van der Waals surface area contributed by atoms with E-state index in [1.54, 1.807) is 18.2 Å². The minimum absolute atomic E-state index is 0.120. The lowest BCUT2D eigenvalue weighted by Gasteiger charge is -2.24. The number of fused-ring (bicyclic) bond motifs is 1. The van der Waals surface area contributed by atoms with Gasteiger partial charge in [0.25, 0.3) is 0 Å². The highest BCUT2D eigenvalue weighted by atomic mass is 35.5. The third kappa shape index (κ3) is 2.83. The van der Waals surface area contributed by atoms with Crippen LogP contribution in [0.2, 0.25) is 10.0 Å². The Morgan fingerprint density at radius 1 is 1.15 bits per heavy atom. The molecule has 8 heteroatoms. The lowest BCUT2D eigenvalue weighted by atomic mass is 9.83. The van der Waals surface area contributed by atoms with Crippen molar-refractivity contribution in [3.8, 4) is 0 Å². The molecule has 2 aromatic rings. The summed E-state index contributed by atoms with van der Waals surface area (Å²) in [7, 11) is 0. The molecule has 0 fully saturated rings. The number of halogens is 2. The van der Waals surface area contributed by atoms with Crippen LogP contribution in [0.5, 0.6) is 0 Å². The van der Waals surface area contributed by atoms with Crippen molar-refractivity contribution in [2.45, 2.75) is 5.54 Å². The molecule has 0 aliphatic carbocycles. The van der Waals surface area contributed by atoms with E-state index in [-0.39, 0.29) is 26.5 Å². The van der Waals surface area contributed by atoms with Crippen molar-refractivity contribution in [3.63, 3.8) is 0 Å². The van der Waals surface area contributed by atoms with E-state index in [2.05, 4.69) is 4.99 Å². The van der Waals surface area contributed by atoms with E-state index in [0.717, 1.165) is 6.08 Å². The van der Waals surface area contributed by atoms with Crippen LogP contribution in [0.4, 0.5) is 5.69 Å². The van der Waals surface area contributed by atoms with Crippen LogP contribution >= 0.6 is 23.2 Å². The summed E-state index contributed by atoms with van der Waals surface area (Å²) in [6, 6.07) is 9.17. The molecule has 2 aromatic carbocycles. The van der Waals surface area contributed by atoms with Crippen molar-refractivity contribution >= 4 is 46.4 Å². The van der Waals surface area contributed by atoms with Gasteiger partial charge in [-0.05, 0) is 35.9 Å². The van der Waals surface area contributed by atoms with Crippen molar-refractivity contribution < 1.29 is 19.8 Å². The number of hydrogen-bond donors (Lipinski definition) is 3. The van der Waals surface area contributed by atoms with E-state index in [9.17, 15) is 14.7 Å². The fraction of sp³-hybridized carbons (Fsp3) is 0.0556. The highest BCUT2D eigenvalue weighted by Crippen LogP contribution is 2.38. The van der Waals surface area contributed by atoms with Crippen molar-refractivity contribution in [2.75, 3.05) is 5.73 Å². The molecule has 0 saturated carbocycles. The largest absolute Gasteiger partial charge is 0.479 e. The Hall–Kier alpha value is -2.83. The Kier molecular flexibility index (Phi) is 4.48. The SMILES string of the molecule is Nc1cccc(C2(C(=O)O)N=c3cc(Cl)cc(Cl)c3=C2C=CC(=O)O)c1. The molecule has 3 rings (SSSR count). The van der Waals surface area contributed by atoms with Gasteiger partial charge in [0.05, 0.1) is 10.4 Å². The number of rotatable bonds is 4. The average molecular weight is 391 g/mol. The van der Waals surface area contributed by atoms with E-state index in [4.69, 9.17) is 34.0 Å². The van der Waals surface area contributed by atoms with Crippen molar-refractivity contribution in [1.29, 1.82) is 0 Å². The average Bonchev–Trinajstić information content (AvgIpc) is 2.88. The number of benzene rings is 2. The van der Waals surface area contributed by atoms with Gasteiger partial charge in [0.15, 0.2) is 0 Å². The molecule has 1 heterocycles. The van der Waals surface area contributed by atoms with Crippen LogP contribution in [0.3, 0.4) is 0 Å². The van der Waals surface area contributed by atoms with Crippen molar-refractivity contribution in [3.05, 3.63) is 74.7 Å². The lowest BCUT2D eigenvalue weighted by molar-refractivity contribution is -0.141. The highest BCUT2D eigenvalue weighted by molar-refractivity contribution is 6.34. The molecule has 1 aliphatic rings. The van der Waals surface area contributed by atoms with E-state index >= 15 is 0 Å². The number of carbonyl (C=O) groups is 2. The normalized spacial score (nSPS) is 18.6. The number of carboxylic acid groups (broad SMARTS) is 2. The smallest absolute Gasteiger partial charge is 0.341 e. The first kappa shape index (κ1) is 18.0. The van der Waals surface area contributed by atoms with Gasteiger partial charge in [-0.2, -0.15) is 0 Å². The lowest BCUT2D eigenvalue weighted by Crippen LogP contribution is -2.34. The maximum Gasteiger partial charge on any atom is 0.341 e. The van der Waals surface area contributed by atoms with Gasteiger partial charge in [-0.15, -0.1) is 0 Å². The van der Waals surface area contributed by atoms with Gasteiger partial charge in [0, 0.05) is 27.6 Å². The van der Waals surface area contributed by atoms with Gasteiger partial charge in [-0.3, -0.25) is 4.99 Å². The molecule has 1 aliphatic heterocycles. The van der Waals surface area contributed by atoms with Gasteiger partial charge in [-0.25, -0.2) is 9.59 Å². The second kappa shape index (κ2) is 6.48. The molecule has 0 spiro atoms. The Morgan fingerprint density at radius 2 is 1.88 bits per heavy atom. The summed E-state index contributed by atoms with van der Waals surface area (Å²) in [6.07, 6.45) is 2.03. The molecule has 132 valence electrons. The fourth-order valence-electron chi connectivity index (χ4n) is 2.97. The van der Waals surface area contributed by atoms with Gasteiger partial charge in [0.1, 0.15) is 0 Å². The van der Waals surface area contributed by atoms with Gasteiger partial charge in [0.2, 0.25) is 5.54 Å². The predicted molar refractivity (Wildman–Crippen MR) is 97.6 cm³/mol. The van der Waals surface area contributed by atoms with Crippen LogP contribution in [0.15, 0.2) is 53.5 Å². The predicted octanol–water partition coefficient (Wildman–Crippen LogP) is 1.98. The molecule has 0 saturated heterocycles. The maximum absolute atomic E-state index is 12.3. The number of nitrogen functional groups attached to an aromatic ring is 1. The molecular formula is C18H12Cl2N2O4. The van der Waals surface area contributed by atoms with Gasteiger partial charge >= 0.3 is 11.9 Å². The zero-order valence-electron chi connectivity index (χ0n) is 13.1. The Balaban J connectivity index is 2.48. The number of anilines is 1. The van der Waals surface area contributed by atoms with Gasteiger partial charge < -0.3 is 15.9 Å². The zero-order valence-corrected chi connectivity index (χ0v) is 14.6. The minimum atomic E-state index is -1.89. The zero-order chi connectivity index (χ0) is 19.1. The fourth-order valence-corrected chi connectivity index (χ4v) is 3.55. The van der Waals surface area contributed by atoms with Crippen LogP contribution in [0.25, 0.3) is 5.57 Å². The summed E-state index contributed by atoms with van der Waals surface area (Å²) >= 11 is 12.3. The summed E-state index contributed by atoms with van der Waals surface area (Å²) in [6.45, 7) is 0. The van der Waals surface area contributed by atoms with Crippen LogP contribution in [0, 0.1) is 0 Å². The number of nitrogens with two attached hydrogens (primary N) is 1. The van der Waals surface area contributed by atoms with Crippen LogP contribution in [0.1, 0.15) is 5.56 Å². The summed E-state index contributed by atoms with van der Waals surface area (Å²) in [5.74, 6) is -2.53. The van der Waals surface area contributed by atoms with Crippen molar-refractivity contribution in [1.82, 2.24) is 0 Å². The van der Waals surface area contributed by atoms with Crippen LogP contribution in [-0.2, 0) is 15.1 Å². The Labute approximate surface area is 157 Å². The second-order valence-electron chi connectivity index (χ2n) is 5.62. The minimum Gasteiger partial charge on any atom is -0.479 e. The van der Waals surface area contributed by atoms with E-state index < -0.39 is 17.5 Å². The molecule has 0 amide bonds. The molecule has 6 nitrogen and oxygen atoms in total. The highest BCUT2D eigenvalue weighted by Gasteiger charge is 2.46. The maximum atomic E-state index is 12.3. The monoisotopic (exact) mass is 390 g/mol.